The van der Waals surface area contributed by atoms with Crippen LogP contribution in [-0.2, 0) is 14.3 Å². The topological polar surface area (TPSA) is 43.4 Å². The van der Waals surface area contributed by atoms with Crippen molar-refractivity contribution in [2.45, 2.75) is 60.0 Å². The Kier molecular flexibility index (Phi) is 4.74. The van der Waals surface area contributed by atoms with Crippen LogP contribution < -0.4 is 0 Å². The molecule has 120 valence electrons. The second-order valence-electron chi connectivity index (χ2n) is 6.91. The van der Waals surface area contributed by atoms with E-state index < -0.39 is 0 Å². The number of fused-ring (bicyclic) bond motifs is 1. The highest BCUT2D eigenvalue weighted by Gasteiger charge is 2.47. The Morgan fingerprint density at radius 2 is 2.09 bits per heavy atom. The number of ketones is 1. The third-order valence-corrected chi connectivity index (χ3v) is 5.32. The lowest BCUT2D eigenvalue weighted by molar-refractivity contribution is -0.149. The van der Waals surface area contributed by atoms with Gasteiger partial charge in [-0.15, -0.1) is 0 Å². The number of rotatable bonds is 2. The van der Waals surface area contributed by atoms with Crippen LogP contribution in [0.2, 0.25) is 0 Å². The fourth-order valence-corrected chi connectivity index (χ4v) is 3.66. The molecule has 0 aromatic heterocycles. The van der Waals surface area contributed by atoms with E-state index >= 15 is 0 Å². The van der Waals surface area contributed by atoms with Gasteiger partial charge in [0, 0.05) is 12.0 Å². The molecule has 0 heterocycles. The van der Waals surface area contributed by atoms with E-state index in [2.05, 4.69) is 13.8 Å². The Bertz CT molecular complexity index is 575. The molecule has 0 N–H and O–H groups in total. The van der Waals surface area contributed by atoms with Gasteiger partial charge in [-0.2, -0.15) is 0 Å². The molecule has 0 aromatic carbocycles. The average molecular weight is 302 g/mol. The van der Waals surface area contributed by atoms with Gasteiger partial charge in [0.2, 0.25) is 0 Å². The number of hydrogen-bond acceptors (Lipinski definition) is 3. The second kappa shape index (κ2) is 6.23. The molecule has 22 heavy (non-hydrogen) atoms. The highest BCUT2D eigenvalue weighted by Crippen LogP contribution is 2.52. The summed E-state index contributed by atoms with van der Waals surface area (Å²) in [4.78, 5) is 24.0. The summed E-state index contributed by atoms with van der Waals surface area (Å²) in [5.74, 6) is 0.0814. The van der Waals surface area contributed by atoms with Crippen LogP contribution in [0.25, 0.3) is 0 Å². The first kappa shape index (κ1) is 16.7. The molecular formula is C19H26O3. The number of ether oxygens (including phenoxy) is 1. The van der Waals surface area contributed by atoms with Gasteiger partial charge in [-0.05, 0) is 57.1 Å². The SMILES string of the molecule is CC=CC(=O)OC1CCC2=CC(=O)C(=C(C)C)CC2(C)C1C. The summed E-state index contributed by atoms with van der Waals surface area (Å²) >= 11 is 0. The van der Waals surface area contributed by atoms with Gasteiger partial charge in [0.15, 0.2) is 5.78 Å². The average Bonchev–Trinajstić information content (AvgIpc) is 2.44. The normalized spacial score (nSPS) is 31.8. The predicted molar refractivity (Wildman–Crippen MR) is 87.3 cm³/mol. The van der Waals surface area contributed by atoms with Crippen molar-refractivity contribution >= 4 is 11.8 Å². The lowest BCUT2D eigenvalue weighted by atomic mass is 9.58. The van der Waals surface area contributed by atoms with Crippen LogP contribution >= 0.6 is 0 Å². The van der Waals surface area contributed by atoms with E-state index in [4.69, 9.17) is 4.74 Å². The van der Waals surface area contributed by atoms with Gasteiger partial charge in [0.25, 0.3) is 0 Å². The molecule has 2 rings (SSSR count). The minimum atomic E-state index is -0.273. The molecule has 3 atom stereocenters. The minimum Gasteiger partial charge on any atom is -0.459 e. The highest BCUT2D eigenvalue weighted by molar-refractivity contribution is 6.06. The summed E-state index contributed by atoms with van der Waals surface area (Å²) < 4.78 is 5.63. The summed E-state index contributed by atoms with van der Waals surface area (Å²) in [5.41, 5.74) is 3.12. The summed E-state index contributed by atoms with van der Waals surface area (Å²) in [6.07, 6.45) is 7.28. The first-order valence-electron chi connectivity index (χ1n) is 8.04. The molecular weight excluding hydrogens is 276 g/mol. The van der Waals surface area contributed by atoms with Gasteiger partial charge < -0.3 is 4.74 Å². The van der Waals surface area contributed by atoms with Crippen molar-refractivity contribution in [2.75, 3.05) is 0 Å². The summed E-state index contributed by atoms with van der Waals surface area (Å²) in [7, 11) is 0. The molecule has 1 saturated carbocycles. The maximum Gasteiger partial charge on any atom is 0.330 e. The molecule has 2 aliphatic rings. The fourth-order valence-electron chi connectivity index (χ4n) is 3.66. The van der Waals surface area contributed by atoms with E-state index in [0.717, 1.165) is 30.4 Å². The zero-order chi connectivity index (χ0) is 16.5. The zero-order valence-electron chi connectivity index (χ0n) is 14.2. The maximum atomic E-state index is 12.3. The monoisotopic (exact) mass is 302 g/mol. The third kappa shape index (κ3) is 2.94. The van der Waals surface area contributed by atoms with E-state index in [1.165, 1.54) is 11.6 Å². The summed E-state index contributed by atoms with van der Waals surface area (Å²) in [6.45, 7) is 10.1. The van der Waals surface area contributed by atoms with Gasteiger partial charge in [-0.3, -0.25) is 4.79 Å². The predicted octanol–water partition coefficient (Wildman–Crippen LogP) is 4.15. The number of carbonyl (C=O) groups excluding carboxylic acids is 2. The molecule has 0 aromatic rings. The molecule has 3 heteroatoms. The van der Waals surface area contributed by atoms with Gasteiger partial charge in [-0.1, -0.05) is 31.1 Å². The standard InChI is InChI=1S/C19H26O3/c1-6-7-18(21)22-17-9-8-14-10-16(20)15(12(2)3)11-19(14,5)13(17)4/h6-7,10,13,17H,8-9,11H2,1-5H3. The van der Waals surface area contributed by atoms with E-state index in [0.29, 0.717) is 0 Å². The van der Waals surface area contributed by atoms with Crippen molar-refractivity contribution in [1.29, 1.82) is 0 Å². The summed E-state index contributed by atoms with van der Waals surface area (Å²) in [5, 5.41) is 0. The van der Waals surface area contributed by atoms with Crippen LogP contribution in [0.15, 0.2) is 34.9 Å². The van der Waals surface area contributed by atoms with Crippen LogP contribution in [0.5, 0.6) is 0 Å². The van der Waals surface area contributed by atoms with Crippen LogP contribution in [0.1, 0.15) is 53.9 Å². The Morgan fingerprint density at radius 3 is 2.68 bits per heavy atom. The van der Waals surface area contributed by atoms with Crippen LogP contribution in [0, 0.1) is 11.3 Å². The Balaban J connectivity index is 2.29. The highest BCUT2D eigenvalue weighted by atomic mass is 16.5. The van der Waals surface area contributed by atoms with Crippen molar-refractivity contribution in [3.8, 4) is 0 Å². The third-order valence-electron chi connectivity index (χ3n) is 5.32. The van der Waals surface area contributed by atoms with Gasteiger partial charge >= 0.3 is 5.97 Å². The number of allylic oxidation sites excluding steroid dienone is 5. The van der Waals surface area contributed by atoms with E-state index in [1.807, 2.05) is 26.8 Å². The lowest BCUT2D eigenvalue weighted by Gasteiger charge is -2.48. The van der Waals surface area contributed by atoms with E-state index in [1.54, 1.807) is 6.08 Å². The molecule has 3 unspecified atom stereocenters. The number of esters is 1. The molecule has 0 spiro atoms. The molecule has 0 radical (unpaired) electrons. The Morgan fingerprint density at radius 1 is 1.41 bits per heavy atom. The molecule has 0 aliphatic heterocycles. The van der Waals surface area contributed by atoms with Crippen LogP contribution in [-0.4, -0.2) is 17.9 Å². The minimum absolute atomic E-state index is 0.0857. The molecule has 0 bridgehead atoms. The first-order valence-corrected chi connectivity index (χ1v) is 8.04. The fraction of sp³-hybridized carbons (Fsp3) is 0.579. The Hall–Kier alpha value is -1.64. The Labute approximate surface area is 133 Å². The quantitative estimate of drug-likeness (QED) is 0.568. The largest absolute Gasteiger partial charge is 0.459 e. The van der Waals surface area contributed by atoms with Crippen molar-refractivity contribution in [1.82, 2.24) is 0 Å². The van der Waals surface area contributed by atoms with E-state index in [9.17, 15) is 9.59 Å². The molecule has 0 amide bonds. The van der Waals surface area contributed by atoms with Crippen LogP contribution in [0.4, 0.5) is 0 Å². The van der Waals surface area contributed by atoms with Crippen molar-refractivity contribution < 1.29 is 14.3 Å². The number of carbonyl (C=O) groups is 2. The van der Waals surface area contributed by atoms with Crippen molar-refractivity contribution in [3.05, 3.63) is 34.9 Å². The van der Waals surface area contributed by atoms with Crippen molar-refractivity contribution in [2.24, 2.45) is 11.3 Å². The van der Waals surface area contributed by atoms with Gasteiger partial charge in [0.1, 0.15) is 6.10 Å². The molecule has 0 saturated heterocycles. The first-order chi connectivity index (χ1) is 10.3. The smallest absolute Gasteiger partial charge is 0.330 e. The lowest BCUT2D eigenvalue weighted by Crippen LogP contribution is -2.44. The van der Waals surface area contributed by atoms with Gasteiger partial charge in [-0.25, -0.2) is 4.79 Å². The number of hydrogen-bond donors (Lipinski definition) is 0. The summed E-state index contributed by atoms with van der Waals surface area (Å²) in [6, 6.07) is 0. The van der Waals surface area contributed by atoms with Crippen molar-refractivity contribution in [3.63, 3.8) is 0 Å². The van der Waals surface area contributed by atoms with Gasteiger partial charge in [0.05, 0.1) is 0 Å². The molecule has 2 aliphatic carbocycles. The maximum absolute atomic E-state index is 12.3. The second-order valence-corrected chi connectivity index (χ2v) is 6.91. The van der Waals surface area contributed by atoms with Crippen LogP contribution in [0.3, 0.4) is 0 Å². The molecule has 3 nitrogen and oxygen atoms in total. The van der Waals surface area contributed by atoms with E-state index in [-0.39, 0.29) is 29.2 Å². The zero-order valence-corrected chi connectivity index (χ0v) is 14.2. The molecule has 1 fully saturated rings.